The fourth-order valence-corrected chi connectivity index (χ4v) is 5.53. The van der Waals surface area contributed by atoms with Crippen LogP contribution in [0.2, 0.25) is 5.02 Å². The third-order valence-corrected chi connectivity index (χ3v) is 8.16. The van der Waals surface area contributed by atoms with Crippen molar-refractivity contribution in [3.63, 3.8) is 0 Å². The second kappa shape index (κ2) is 15.6. The van der Waals surface area contributed by atoms with Crippen molar-refractivity contribution in [1.29, 1.82) is 0 Å². The van der Waals surface area contributed by atoms with Crippen molar-refractivity contribution in [2.45, 2.75) is 58.0 Å². The van der Waals surface area contributed by atoms with Gasteiger partial charge < -0.3 is 24.0 Å². The van der Waals surface area contributed by atoms with Gasteiger partial charge in [-0.2, -0.15) is 0 Å². The highest BCUT2D eigenvalue weighted by Crippen LogP contribution is 2.26. The van der Waals surface area contributed by atoms with Gasteiger partial charge in [0.1, 0.15) is 24.2 Å². The number of fused-ring (bicyclic) bond motifs is 1. The molecule has 1 aliphatic heterocycles. The van der Waals surface area contributed by atoms with E-state index in [9.17, 15) is 14.4 Å². The second-order valence-corrected chi connectivity index (χ2v) is 11.4. The summed E-state index contributed by atoms with van der Waals surface area (Å²) in [6, 6.07) is 14.0. The first kappa shape index (κ1) is 32.1. The molecule has 0 bridgehead atoms. The number of aryl methyl sites for hydroxylation is 1. The Bertz CT molecular complexity index is 1380. The molecule has 2 aromatic carbocycles. The fourth-order valence-electron chi connectivity index (χ4n) is 5.36. The highest BCUT2D eigenvalue weighted by Gasteiger charge is 2.31. The Hall–Kier alpha value is -3.85. The number of nitrogens with zero attached hydrogens (tertiary/aromatic N) is 5. The standard InChI is InChI=1S/C33H42ClN5O4/c1-4-30-35-16-20-39(30)24-31(40)38-18-9-8-17-36(2)33(42)28(22-25-12-6-5-7-13-25)37(3)32(41)27-23-26(34)14-15-29(27)43-21-11-10-19-38/h5-7,12-16,20,23,28H,4,8-11,17-19,21-22,24H2,1-3H3/t28-/m0/s1. The summed E-state index contributed by atoms with van der Waals surface area (Å²) in [6.45, 7) is 4.37. The molecule has 1 atom stereocenters. The van der Waals surface area contributed by atoms with E-state index in [1.807, 2.05) is 52.9 Å². The zero-order chi connectivity index (χ0) is 30.8. The highest BCUT2D eigenvalue weighted by atomic mass is 35.5. The van der Waals surface area contributed by atoms with E-state index >= 15 is 0 Å². The number of ether oxygens (including phenoxy) is 1. The Morgan fingerprint density at radius 3 is 2.47 bits per heavy atom. The molecule has 10 heteroatoms. The maximum atomic E-state index is 13.8. The molecule has 0 aliphatic carbocycles. The van der Waals surface area contributed by atoms with Crippen molar-refractivity contribution in [3.05, 3.63) is 82.9 Å². The maximum Gasteiger partial charge on any atom is 0.258 e. The Labute approximate surface area is 259 Å². The quantitative estimate of drug-likeness (QED) is 0.419. The lowest BCUT2D eigenvalue weighted by Gasteiger charge is -2.31. The zero-order valence-electron chi connectivity index (χ0n) is 25.4. The summed E-state index contributed by atoms with van der Waals surface area (Å²) >= 11 is 6.31. The molecule has 0 saturated heterocycles. The molecule has 3 aromatic rings. The molecule has 2 heterocycles. The number of carbonyl (C=O) groups is 3. The average molecular weight is 608 g/mol. The lowest BCUT2D eigenvalue weighted by Crippen LogP contribution is -2.49. The fraction of sp³-hybridized carbons (Fsp3) is 0.455. The van der Waals surface area contributed by atoms with E-state index in [2.05, 4.69) is 4.98 Å². The minimum absolute atomic E-state index is 0.0473. The first-order chi connectivity index (χ1) is 20.8. The minimum atomic E-state index is -0.719. The van der Waals surface area contributed by atoms with Crippen LogP contribution in [0.1, 0.15) is 54.4 Å². The van der Waals surface area contributed by atoms with Gasteiger partial charge in [-0.3, -0.25) is 14.4 Å². The van der Waals surface area contributed by atoms with Crippen LogP contribution in [0, 0.1) is 0 Å². The predicted octanol–water partition coefficient (Wildman–Crippen LogP) is 4.72. The maximum absolute atomic E-state index is 13.8. The summed E-state index contributed by atoms with van der Waals surface area (Å²) in [6.07, 6.45) is 7.65. The van der Waals surface area contributed by atoms with Crippen molar-refractivity contribution in [3.8, 4) is 5.75 Å². The van der Waals surface area contributed by atoms with E-state index in [0.29, 0.717) is 55.4 Å². The van der Waals surface area contributed by atoms with E-state index < -0.39 is 6.04 Å². The number of imidazole rings is 1. The largest absolute Gasteiger partial charge is 0.493 e. The van der Waals surface area contributed by atoms with Crippen molar-refractivity contribution >= 4 is 29.3 Å². The number of benzene rings is 2. The van der Waals surface area contributed by atoms with E-state index in [4.69, 9.17) is 16.3 Å². The van der Waals surface area contributed by atoms with Crippen molar-refractivity contribution in [1.82, 2.24) is 24.3 Å². The van der Waals surface area contributed by atoms with Crippen LogP contribution in [-0.2, 0) is 29.0 Å². The van der Waals surface area contributed by atoms with E-state index in [-0.39, 0.29) is 24.3 Å². The van der Waals surface area contributed by atoms with E-state index in [1.165, 1.54) is 4.90 Å². The predicted molar refractivity (Wildman–Crippen MR) is 167 cm³/mol. The van der Waals surface area contributed by atoms with Gasteiger partial charge in [0, 0.05) is 64.0 Å². The van der Waals surface area contributed by atoms with Gasteiger partial charge in [0.25, 0.3) is 5.91 Å². The topological polar surface area (TPSA) is 88.0 Å². The monoisotopic (exact) mass is 607 g/mol. The van der Waals surface area contributed by atoms with Gasteiger partial charge in [0.2, 0.25) is 11.8 Å². The molecule has 0 fully saturated rings. The number of likely N-dealkylation sites (N-methyl/N-ethyl adjacent to an activating group) is 2. The van der Waals surface area contributed by atoms with Crippen LogP contribution in [0.3, 0.4) is 0 Å². The summed E-state index contributed by atoms with van der Waals surface area (Å²) < 4.78 is 7.99. The second-order valence-electron chi connectivity index (χ2n) is 11.0. The molecule has 230 valence electrons. The number of rotatable bonds is 5. The van der Waals surface area contributed by atoms with Crippen molar-refractivity contribution in [2.75, 3.05) is 40.3 Å². The normalized spacial score (nSPS) is 17.8. The number of aromatic nitrogens is 2. The first-order valence-electron chi connectivity index (χ1n) is 15.0. The number of carbonyl (C=O) groups excluding carboxylic acids is 3. The summed E-state index contributed by atoms with van der Waals surface area (Å²) in [4.78, 5) is 50.5. The number of hydrogen-bond donors (Lipinski definition) is 0. The number of hydrogen-bond acceptors (Lipinski definition) is 5. The van der Waals surface area contributed by atoms with Gasteiger partial charge in [0.05, 0.1) is 12.2 Å². The van der Waals surface area contributed by atoms with Crippen LogP contribution in [0.5, 0.6) is 5.75 Å². The number of halogens is 1. The van der Waals surface area contributed by atoms with Crippen LogP contribution in [0.25, 0.3) is 0 Å². The van der Waals surface area contributed by atoms with Crippen LogP contribution in [0.4, 0.5) is 0 Å². The minimum Gasteiger partial charge on any atom is -0.493 e. The molecule has 0 unspecified atom stereocenters. The first-order valence-corrected chi connectivity index (χ1v) is 15.4. The zero-order valence-corrected chi connectivity index (χ0v) is 26.1. The van der Waals surface area contributed by atoms with E-state index in [1.54, 1.807) is 43.4 Å². The summed E-state index contributed by atoms with van der Waals surface area (Å²) in [5.74, 6) is 0.882. The van der Waals surface area contributed by atoms with Crippen molar-refractivity contribution in [2.24, 2.45) is 0 Å². The van der Waals surface area contributed by atoms with Crippen LogP contribution in [0.15, 0.2) is 60.9 Å². The molecule has 3 amide bonds. The summed E-state index contributed by atoms with van der Waals surface area (Å²) in [7, 11) is 3.43. The molecule has 1 aromatic heterocycles. The summed E-state index contributed by atoms with van der Waals surface area (Å²) in [5, 5.41) is 0.413. The average Bonchev–Trinajstić information content (AvgIpc) is 3.47. The SMILES string of the molecule is CCc1nccn1CC(=O)N1CCCCOc2ccc(Cl)cc2C(=O)N(C)[C@@H](Cc2ccccc2)C(=O)N(C)CCCC1. The van der Waals surface area contributed by atoms with E-state index in [0.717, 1.165) is 37.1 Å². The molecule has 0 N–H and O–H groups in total. The Morgan fingerprint density at radius 2 is 1.72 bits per heavy atom. The summed E-state index contributed by atoms with van der Waals surface area (Å²) in [5.41, 5.74) is 1.28. The molecule has 43 heavy (non-hydrogen) atoms. The van der Waals surface area contributed by atoms with Gasteiger partial charge in [-0.05, 0) is 49.4 Å². The lowest BCUT2D eigenvalue weighted by atomic mass is 10.0. The molecule has 1 aliphatic rings. The van der Waals surface area contributed by atoms with Crippen LogP contribution in [-0.4, -0.2) is 88.4 Å². The molecule has 0 spiro atoms. The third kappa shape index (κ3) is 8.60. The molecule has 9 nitrogen and oxygen atoms in total. The van der Waals surface area contributed by atoms with Crippen LogP contribution < -0.4 is 4.74 Å². The van der Waals surface area contributed by atoms with Gasteiger partial charge in [0.15, 0.2) is 0 Å². The Balaban J connectivity index is 1.57. The molecular formula is C33H42ClN5O4. The molecular weight excluding hydrogens is 566 g/mol. The molecule has 4 rings (SSSR count). The van der Waals surface area contributed by atoms with Gasteiger partial charge in [-0.1, -0.05) is 48.9 Å². The highest BCUT2D eigenvalue weighted by molar-refractivity contribution is 6.31. The van der Waals surface area contributed by atoms with Gasteiger partial charge in [-0.25, -0.2) is 4.98 Å². The molecule has 0 saturated carbocycles. The van der Waals surface area contributed by atoms with Gasteiger partial charge in [-0.15, -0.1) is 0 Å². The Kier molecular flexibility index (Phi) is 11.6. The van der Waals surface area contributed by atoms with Crippen molar-refractivity contribution < 1.29 is 19.1 Å². The lowest BCUT2D eigenvalue weighted by molar-refractivity contribution is -0.135. The van der Waals surface area contributed by atoms with Gasteiger partial charge >= 0.3 is 0 Å². The number of amides is 3. The Morgan fingerprint density at radius 1 is 1.00 bits per heavy atom. The smallest absolute Gasteiger partial charge is 0.258 e. The molecule has 0 radical (unpaired) electrons. The van der Waals surface area contributed by atoms with Crippen LogP contribution >= 0.6 is 11.6 Å². The third-order valence-electron chi connectivity index (χ3n) is 7.92.